The van der Waals surface area contributed by atoms with Crippen LogP contribution in [-0.4, -0.2) is 33.9 Å². The number of fused-ring (bicyclic) bond motifs is 1. The van der Waals surface area contributed by atoms with Crippen molar-refractivity contribution in [2.24, 2.45) is 11.7 Å². The van der Waals surface area contributed by atoms with Crippen LogP contribution in [0.5, 0.6) is 0 Å². The molecule has 2 N–H and O–H groups in total. The van der Waals surface area contributed by atoms with E-state index in [1.807, 2.05) is 0 Å². The molecule has 1 atom stereocenters. The van der Waals surface area contributed by atoms with Gasteiger partial charge in [-0.2, -0.15) is 0 Å². The van der Waals surface area contributed by atoms with Gasteiger partial charge in [0.05, 0.1) is 5.69 Å². The van der Waals surface area contributed by atoms with Crippen LogP contribution in [0, 0.1) is 12.8 Å². The minimum Gasteiger partial charge on any atom is -0.330 e. The second kappa shape index (κ2) is 5.94. The van der Waals surface area contributed by atoms with E-state index in [9.17, 15) is 0 Å². The Kier molecular flexibility index (Phi) is 4.03. The van der Waals surface area contributed by atoms with E-state index in [0.29, 0.717) is 0 Å². The Morgan fingerprint density at radius 2 is 2.35 bits per heavy atom. The molecule has 2 aromatic heterocycles. The van der Waals surface area contributed by atoms with Gasteiger partial charge >= 0.3 is 0 Å². The van der Waals surface area contributed by atoms with Gasteiger partial charge in [-0.3, -0.25) is 4.90 Å². The number of imidazole rings is 1. The van der Waals surface area contributed by atoms with Gasteiger partial charge in [0.1, 0.15) is 5.65 Å². The second-order valence-electron chi connectivity index (χ2n) is 5.98. The maximum absolute atomic E-state index is 5.69. The molecule has 1 aliphatic rings. The van der Waals surface area contributed by atoms with E-state index >= 15 is 0 Å². The first kappa shape index (κ1) is 13.6. The number of piperidine rings is 1. The van der Waals surface area contributed by atoms with Crippen molar-refractivity contribution in [3.05, 3.63) is 35.8 Å². The van der Waals surface area contributed by atoms with Crippen LogP contribution >= 0.6 is 0 Å². The lowest BCUT2D eigenvalue weighted by Gasteiger charge is -2.32. The van der Waals surface area contributed by atoms with Crippen LogP contribution in [-0.2, 0) is 6.54 Å². The quantitative estimate of drug-likeness (QED) is 0.928. The molecule has 0 radical (unpaired) electrons. The second-order valence-corrected chi connectivity index (χ2v) is 5.98. The SMILES string of the molecule is Cc1cccn2cc(CN3CCCC(CCN)C3)nc12. The fourth-order valence-electron chi connectivity index (χ4n) is 3.28. The van der Waals surface area contributed by atoms with E-state index in [2.05, 4.69) is 40.8 Å². The molecule has 0 saturated carbocycles. The van der Waals surface area contributed by atoms with E-state index in [-0.39, 0.29) is 0 Å². The third kappa shape index (κ3) is 2.86. The zero-order valence-corrected chi connectivity index (χ0v) is 12.3. The molecule has 2 aromatic rings. The zero-order valence-electron chi connectivity index (χ0n) is 12.3. The van der Waals surface area contributed by atoms with Crippen LogP contribution in [0.2, 0.25) is 0 Å². The highest BCUT2D eigenvalue weighted by Gasteiger charge is 2.20. The van der Waals surface area contributed by atoms with E-state index in [0.717, 1.165) is 31.1 Å². The van der Waals surface area contributed by atoms with Gasteiger partial charge in [0.25, 0.3) is 0 Å². The molecule has 1 saturated heterocycles. The molecule has 0 aliphatic carbocycles. The number of pyridine rings is 1. The molecule has 4 heteroatoms. The predicted octanol–water partition coefficient (Wildman–Crippen LogP) is 2.20. The Morgan fingerprint density at radius 3 is 3.15 bits per heavy atom. The summed E-state index contributed by atoms with van der Waals surface area (Å²) in [6, 6.07) is 4.19. The highest BCUT2D eigenvalue weighted by molar-refractivity contribution is 5.47. The van der Waals surface area contributed by atoms with Crippen LogP contribution in [0.3, 0.4) is 0 Å². The molecule has 20 heavy (non-hydrogen) atoms. The van der Waals surface area contributed by atoms with Crippen molar-refractivity contribution in [2.75, 3.05) is 19.6 Å². The normalized spacial score (nSPS) is 20.6. The number of aromatic nitrogens is 2. The van der Waals surface area contributed by atoms with Gasteiger partial charge in [-0.15, -0.1) is 0 Å². The number of hydrogen-bond acceptors (Lipinski definition) is 3. The van der Waals surface area contributed by atoms with Crippen LogP contribution in [0.1, 0.15) is 30.5 Å². The first-order chi connectivity index (χ1) is 9.76. The summed E-state index contributed by atoms with van der Waals surface area (Å²) in [5.41, 5.74) is 9.18. The summed E-state index contributed by atoms with van der Waals surface area (Å²) in [4.78, 5) is 7.30. The van der Waals surface area contributed by atoms with E-state index in [1.165, 1.54) is 37.2 Å². The van der Waals surface area contributed by atoms with Gasteiger partial charge in [0.2, 0.25) is 0 Å². The van der Waals surface area contributed by atoms with Crippen molar-refractivity contribution in [1.82, 2.24) is 14.3 Å². The Bertz CT molecular complexity index is 573. The minimum atomic E-state index is 0.771. The van der Waals surface area contributed by atoms with Gasteiger partial charge < -0.3 is 10.1 Å². The Balaban J connectivity index is 1.71. The lowest BCUT2D eigenvalue weighted by Crippen LogP contribution is -2.35. The summed E-state index contributed by atoms with van der Waals surface area (Å²) >= 11 is 0. The molecule has 3 rings (SSSR count). The van der Waals surface area contributed by atoms with Crippen molar-refractivity contribution in [2.45, 2.75) is 32.7 Å². The predicted molar refractivity (Wildman–Crippen MR) is 81.6 cm³/mol. The largest absolute Gasteiger partial charge is 0.330 e. The molecule has 4 nitrogen and oxygen atoms in total. The highest BCUT2D eigenvalue weighted by Crippen LogP contribution is 2.21. The van der Waals surface area contributed by atoms with Gasteiger partial charge in [-0.1, -0.05) is 6.07 Å². The standard InChI is InChI=1S/C16H24N4/c1-13-4-2-9-20-12-15(18-16(13)20)11-19-8-3-5-14(10-19)6-7-17/h2,4,9,12,14H,3,5-8,10-11,17H2,1H3. The number of aryl methyl sites for hydroxylation is 1. The number of nitrogens with two attached hydrogens (primary N) is 1. The summed E-state index contributed by atoms with van der Waals surface area (Å²) in [7, 11) is 0. The Hall–Kier alpha value is -1.39. The molecule has 3 heterocycles. The molecule has 0 spiro atoms. The monoisotopic (exact) mass is 272 g/mol. The first-order valence-electron chi connectivity index (χ1n) is 7.62. The topological polar surface area (TPSA) is 46.6 Å². The number of likely N-dealkylation sites (tertiary alicyclic amines) is 1. The molecule has 1 unspecified atom stereocenters. The lowest BCUT2D eigenvalue weighted by molar-refractivity contribution is 0.161. The van der Waals surface area contributed by atoms with Crippen LogP contribution in [0.15, 0.2) is 24.5 Å². The van der Waals surface area contributed by atoms with Crippen LogP contribution in [0.4, 0.5) is 0 Å². The van der Waals surface area contributed by atoms with Crippen LogP contribution < -0.4 is 5.73 Å². The molecule has 0 aromatic carbocycles. The van der Waals surface area contributed by atoms with Gasteiger partial charge in [-0.25, -0.2) is 4.98 Å². The smallest absolute Gasteiger partial charge is 0.139 e. The number of nitrogens with zero attached hydrogens (tertiary/aromatic N) is 3. The third-order valence-electron chi connectivity index (χ3n) is 4.29. The molecular weight excluding hydrogens is 248 g/mol. The molecule has 0 bridgehead atoms. The fraction of sp³-hybridized carbons (Fsp3) is 0.562. The number of hydrogen-bond donors (Lipinski definition) is 1. The molecule has 1 fully saturated rings. The van der Waals surface area contributed by atoms with E-state index in [1.54, 1.807) is 0 Å². The zero-order chi connectivity index (χ0) is 13.9. The fourth-order valence-corrected chi connectivity index (χ4v) is 3.28. The summed E-state index contributed by atoms with van der Waals surface area (Å²) in [5.74, 6) is 0.771. The van der Waals surface area contributed by atoms with Gasteiger partial charge in [0, 0.05) is 25.5 Å². The summed E-state index contributed by atoms with van der Waals surface area (Å²) in [5, 5.41) is 0. The first-order valence-corrected chi connectivity index (χ1v) is 7.62. The molecule has 1 aliphatic heterocycles. The highest BCUT2D eigenvalue weighted by atomic mass is 15.1. The van der Waals surface area contributed by atoms with Gasteiger partial charge in [-0.05, 0) is 56.8 Å². The maximum atomic E-state index is 5.69. The van der Waals surface area contributed by atoms with Crippen molar-refractivity contribution < 1.29 is 0 Å². The summed E-state index contributed by atoms with van der Waals surface area (Å²) < 4.78 is 2.13. The van der Waals surface area contributed by atoms with Crippen molar-refractivity contribution in [1.29, 1.82) is 0 Å². The van der Waals surface area contributed by atoms with Crippen molar-refractivity contribution in [3.8, 4) is 0 Å². The minimum absolute atomic E-state index is 0.771. The third-order valence-corrected chi connectivity index (χ3v) is 4.29. The average Bonchev–Trinajstić information content (AvgIpc) is 2.83. The van der Waals surface area contributed by atoms with Crippen molar-refractivity contribution >= 4 is 5.65 Å². The summed E-state index contributed by atoms with van der Waals surface area (Å²) in [6.45, 7) is 6.25. The van der Waals surface area contributed by atoms with Crippen LogP contribution in [0.25, 0.3) is 5.65 Å². The molecule has 108 valence electrons. The lowest BCUT2D eigenvalue weighted by atomic mass is 9.95. The molecule has 0 amide bonds. The Morgan fingerprint density at radius 1 is 1.45 bits per heavy atom. The maximum Gasteiger partial charge on any atom is 0.139 e. The number of rotatable bonds is 4. The molecular formula is C16H24N4. The van der Waals surface area contributed by atoms with Crippen molar-refractivity contribution in [3.63, 3.8) is 0 Å². The van der Waals surface area contributed by atoms with E-state index in [4.69, 9.17) is 10.7 Å². The Labute approximate surface area is 120 Å². The van der Waals surface area contributed by atoms with E-state index < -0.39 is 0 Å². The average molecular weight is 272 g/mol. The summed E-state index contributed by atoms with van der Waals surface area (Å²) in [6.07, 6.45) is 8.01. The van der Waals surface area contributed by atoms with Gasteiger partial charge in [0.15, 0.2) is 0 Å².